The van der Waals surface area contributed by atoms with Crippen molar-refractivity contribution in [2.45, 2.75) is 30.1 Å². The molecule has 3 heterocycles. The molecular formula is C11H12N4NaO7. The number of carboxylic acid groups (broad SMARTS) is 1. The standard InChI is InChI=1S/C11H12N4O7.Na/c16-1-4-5(17)6(18)7(22-4)15-3-14-11(10(20)21)8(15)12-2-13-9(11)19;/h2-7,16-18H,1H2,(H,20,21);/t4-,5-,6-,7-,11?;/m1./s1. The molecule has 0 bridgehead atoms. The molecule has 0 aromatic heterocycles. The summed E-state index contributed by atoms with van der Waals surface area (Å²) in [5.74, 6) is -2.90. The van der Waals surface area contributed by atoms with Crippen molar-refractivity contribution in [2.75, 3.05) is 6.61 Å². The van der Waals surface area contributed by atoms with E-state index in [0.29, 0.717) is 0 Å². The molecule has 1 radical (unpaired) electrons. The third-order valence-corrected chi connectivity index (χ3v) is 3.71. The number of amides is 1. The van der Waals surface area contributed by atoms with E-state index in [1.165, 1.54) is 0 Å². The number of rotatable bonds is 3. The summed E-state index contributed by atoms with van der Waals surface area (Å²) >= 11 is 0. The minimum Gasteiger partial charge on any atom is -0.479 e. The van der Waals surface area contributed by atoms with Gasteiger partial charge in [-0.3, -0.25) is 9.69 Å². The van der Waals surface area contributed by atoms with Crippen LogP contribution in [0.15, 0.2) is 15.0 Å². The number of aliphatic hydroxyl groups excluding tert-OH is 3. The fraction of sp³-hybridized carbons (Fsp3) is 0.545. The summed E-state index contributed by atoms with van der Waals surface area (Å²) in [6.45, 7) is -0.545. The number of carboxylic acids is 1. The fourth-order valence-corrected chi connectivity index (χ4v) is 2.53. The molecule has 1 amide bonds. The first-order valence-electron chi connectivity index (χ1n) is 6.28. The number of hydrogen-bond donors (Lipinski definition) is 4. The molecule has 11 nitrogen and oxygen atoms in total. The Morgan fingerprint density at radius 3 is 2.65 bits per heavy atom. The number of aliphatic imine (C=N–C) groups is 3. The van der Waals surface area contributed by atoms with Gasteiger partial charge in [0.25, 0.3) is 11.4 Å². The molecule has 119 valence electrons. The molecule has 23 heavy (non-hydrogen) atoms. The largest absolute Gasteiger partial charge is 0.479 e. The van der Waals surface area contributed by atoms with Crippen LogP contribution in [0.1, 0.15) is 0 Å². The van der Waals surface area contributed by atoms with E-state index in [2.05, 4.69) is 15.0 Å². The van der Waals surface area contributed by atoms with E-state index in [0.717, 1.165) is 17.6 Å². The van der Waals surface area contributed by atoms with Crippen LogP contribution in [0.4, 0.5) is 0 Å². The first kappa shape index (κ1) is 18.1. The summed E-state index contributed by atoms with van der Waals surface area (Å²) in [5.41, 5.74) is -2.32. The Bertz CT molecular complexity index is 623. The Morgan fingerprint density at radius 2 is 2.09 bits per heavy atom. The molecule has 0 aromatic carbocycles. The number of ether oxygens (including phenoxy) is 1. The van der Waals surface area contributed by atoms with Gasteiger partial charge in [0.15, 0.2) is 12.1 Å². The van der Waals surface area contributed by atoms with Gasteiger partial charge in [-0.1, -0.05) is 0 Å². The molecule has 0 aromatic rings. The number of carbonyl (C=O) groups is 2. The minimum absolute atomic E-state index is 0. The van der Waals surface area contributed by atoms with Gasteiger partial charge in [0.05, 0.1) is 12.9 Å². The van der Waals surface area contributed by atoms with Gasteiger partial charge in [0, 0.05) is 29.6 Å². The van der Waals surface area contributed by atoms with Crippen LogP contribution >= 0.6 is 0 Å². The molecule has 1 fully saturated rings. The maximum Gasteiger partial charge on any atom is 0.349 e. The van der Waals surface area contributed by atoms with Crippen LogP contribution in [0.25, 0.3) is 0 Å². The monoisotopic (exact) mass is 335 g/mol. The molecule has 1 unspecified atom stereocenters. The Balaban J connectivity index is 0.00000192. The normalized spacial score (nSPS) is 38.3. The van der Waals surface area contributed by atoms with Crippen molar-refractivity contribution >= 4 is 59.9 Å². The van der Waals surface area contributed by atoms with Crippen molar-refractivity contribution in [3.05, 3.63) is 0 Å². The maximum atomic E-state index is 11.9. The molecule has 0 aliphatic carbocycles. The molecule has 3 rings (SSSR count). The smallest absolute Gasteiger partial charge is 0.349 e. The van der Waals surface area contributed by atoms with Crippen LogP contribution in [0, 0.1) is 0 Å². The molecule has 3 aliphatic rings. The molecule has 5 atom stereocenters. The van der Waals surface area contributed by atoms with Crippen molar-refractivity contribution in [3.8, 4) is 0 Å². The Hall–Kier alpha value is -1.21. The van der Waals surface area contributed by atoms with Crippen molar-refractivity contribution in [3.63, 3.8) is 0 Å². The first-order valence-corrected chi connectivity index (χ1v) is 6.28. The fourth-order valence-electron chi connectivity index (χ4n) is 2.53. The second kappa shape index (κ2) is 6.36. The van der Waals surface area contributed by atoms with E-state index in [1.54, 1.807) is 0 Å². The Kier molecular flexibility index (Phi) is 5.01. The van der Waals surface area contributed by atoms with Gasteiger partial charge >= 0.3 is 5.97 Å². The van der Waals surface area contributed by atoms with Gasteiger partial charge in [-0.05, 0) is 0 Å². The first-order chi connectivity index (χ1) is 10.4. The minimum atomic E-state index is -2.32. The summed E-state index contributed by atoms with van der Waals surface area (Å²) in [6.07, 6.45) is -3.26. The van der Waals surface area contributed by atoms with Gasteiger partial charge in [0.2, 0.25) is 0 Å². The van der Waals surface area contributed by atoms with Crippen LogP contribution in [0.5, 0.6) is 0 Å². The maximum absolute atomic E-state index is 11.9. The van der Waals surface area contributed by atoms with Crippen LogP contribution in [-0.2, 0) is 14.3 Å². The van der Waals surface area contributed by atoms with E-state index in [1.807, 2.05) is 0 Å². The van der Waals surface area contributed by atoms with Gasteiger partial charge in [0.1, 0.15) is 24.7 Å². The van der Waals surface area contributed by atoms with E-state index >= 15 is 0 Å². The topological polar surface area (TPSA) is 165 Å². The summed E-state index contributed by atoms with van der Waals surface area (Å²) in [7, 11) is 0. The van der Waals surface area contributed by atoms with Gasteiger partial charge < -0.3 is 25.2 Å². The number of hydrogen-bond acceptors (Lipinski definition) is 9. The van der Waals surface area contributed by atoms with Crippen molar-refractivity contribution in [1.82, 2.24) is 4.90 Å². The van der Waals surface area contributed by atoms with Crippen LogP contribution in [0.3, 0.4) is 0 Å². The van der Waals surface area contributed by atoms with Crippen molar-refractivity contribution in [1.29, 1.82) is 0 Å². The SMILES string of the molecule is O=C(O)C12N=CN([C@@H]3O[C@H](CO)[C@@H](O)[C@H]3O)C1=NC=NC2=O.[Na]. The summed E-state index contributed by atoms with van der Waals surface area (Å²) in [5, 5.41) is 38.2. The number of aliphatic hydroxyl groups is 3. The number of aliphatic carboxylic acids is 1. The Morgan fingerprint density at radius 1 is 1.39 bits per heavy atom. The molecule has 3 aliphatic heterocycles. The molecule has 1 saturated heterocycles. The zero-order valence-corrected chi connectivity index (χ0v) is 14.0. The molecule has 0 spiro atoms. The third-order valence-electron chi connectivity index (χ3n) is 3.71. The van der Waals surface area contributed by atoms with Crippen LogP contribution < -0.4 is 0 Å². The second-order valence-corrected chi connectivity index (χ2v) is 4.90. The molecule has 4 N–H and O–H groups in total. The number of amidine groups is 1. The van der Waals surface area contributed by atoms with Gasteiger partial charge in [-0.25, -0.2) is 14.8 Å². The molecular weight excluding hydrogens is 323 g/mol. The van der Waals surface area contributed by atoms with E-state index in [4.69, 9.17) is 9.84 Å². The van der Waals surface area contributed by atoms with Crippen molar-refractivity contribution < 1.29 is 34.8 Å². The molecule has 12 heteroatoms. The van der Waals surface area contributed by atoms with Crippen LogP contribution in [0.2, 0.25) is 0 Å². The second-order valence-electron chi connectivity index (χ2n) is 4.90. The third kappa shape index (κ3) is 2.45. The number of carbonyl (C=O) groups excluding carboxylic acids is 1. The average Bonchev–Trinajstić information content (AvgIpc) is 3.01. The quantitative estimate of drug-likeness (QED) is 0.301. The van der Waals surface area contributed by atoms with Crippen LogP contribution in [-0.4, -0.2) is 122 Å². The van der Waals surface area contributed by atoms with Gasteiger partial charge in [-0.2, -0.15) is 4.99 Å². The predicted octanol–water partition coefficient (Wildman–Crippen LogP) is -3.82. The van der Waals surface area contributed by atoms with E-state index in [9.17, 15) is 24.9 Å². The summed E-state index contributed by atoms with van der Waals surface area (Å²) in [6, 6.07) is 0. The Labute approximate surface area is 151 Å². The van der Waals surface area contributed by atoms with E-state index in [-0.39, 0.29) is 35.4 Å². The predicted molar refractivity (Wildman–Crippen MR) is 75.1 cm³/mol. The zero-order valence-electron chi connectivity index (χ0n) is 12.0. The number of nitrogens with zero attached hydrogens (tertiary/aromatic N) is 4. The summed E-state index contributed by atoms with van der Waals surface area (Å²) < 4.78 is 5.28. The van der Waals surface area contributed by atoms with Crippen molar-refractivity contribution in [2.24, 2.45) is 15.0 Å². The summed E-state index contributed by atoms with van der Waals surface area (Å²) in [4.78, 5) is 35.2. The van der Waals surface area contributed by atoms with Gasteiger partial charge in [-0.15, -0.1) is 0 Å². The average molecular weight is 335 g/mol. The molecule has 0 saturated carbocycles. The number of fused-ring (bicyclic) bond motifs is 1. The van der Waals surface area contributed by atoms with E-state index < -0.39 is 48.6 Å². The zero-order chi connectivity index (χ0) is 16.1.